The summed E-state index contributed by atoms with van der Waals surface area (Å²) in [5.74, 6) is -2.90. The Hall–Kier alpha value is -0.530. The molecule has 0 spiro atoms. The monoisotopic (exact) mass is 313 g/mol. The van der Waals surface area contributed by atoms with Gasteiger partial charge in [0.25, 0.3) is 0 Å². The van der Waals surface area contributed by atoms with Crippen molar-refractivity contribution in [2.45, 2.75) is 65.1 Å². The molecule has 0 aliphatic heterocycles. The van der Waals surface area contributed by atoms with Gasteiger partial charge in [-0.3, -0.25) is 0 Å². The molecule has 0 aliphatic rings. The predicted octanol–water partition coefficient (Wildman–Crippen LogP) is 4.86. The van der Waals surface area contributed by atoms with Crippen LogP contribution in [-0.4, -0.2) is 24.1 Å². The Labute approximate surface area is 114 Å². The first kappa shape index (κ1) is 21.8. The van der Waals surface area contributed by atoms with Crippen LogP contribution in [0, 0.1) is 11.8 Å². The second-order valence-electron chi connectivity index (χ2n) is 4.68. The standard InChI is InChI=1S/C10H16F7N.C2H6/c1-5(7(3)18)4-6(2)8(11,9(12,13)14)10(15,16)17;1-2/h5-7H,4,18H2,1-3H3;1-2H3/t5?,6-,7?;/m0./s1. The Morgan fingerprint density at radius 2 is 1.10 bits per heavy atom. The van der Waals surface area contributed by atoms with Gasteiger partial charge in [-0.25, -0.2) is 4.39 Å². The first-order valence-corrected chi connectivity index (χ1v) is 6.33. The van der Waals surface area contributed by atoms with Crippen molar-refractivity contribution in [3.05, 3.63) is 0 Å². The Morgan fingerprint density at radius 3 is 1.30 bits per heavy atom. The first-order chi connectivity index (χ1) is 8.75. The highest BCUT2D eigenvalue weighted by atomic mass is 19.4. The van der Waals surface area contributed by atoms with E-state index in [4.69, 9.17) is 5.73 Å². The van der Waals surface area contributed by atoms with Gasteiger partial charge in [0.2, 0.25) is 0 Å². The number of hydrogen-bond donors (Lipinski definition) is 1. The van der Waals surface area contributed by atoms with E-state index >= 15 is 0 Å². The fraction of sp³-hybridized carbons (Fsp3) is 1.00. The van der Waals surface area contributed by atoms with Crippen molar-refractivity contribution in [2.24, 2.45) is 17.6 Å². The van der Waals surface area contributed by atoms with Crippen LogP contribution in [0.5, 0.6) is 0 Å². The molecule has 0 aromatic rings. The number of nitrogens with two attached hydrogens (primary N) is 1. The maximum atomic E-state index is 13.5. The highest BCUT2D eigenvalue weighted by molar-refractivity contribution is 4.99. The highest BCUT2D eigenvalue weighted by Crippen LogP contribution is 2.52. The number of halogens is 7. The van der Waals surface area contributed by atoms with Gasteiger partial charge in [-0.2, -0.15) is 26.3 Å². The van der Waals surface area contributed by atoms with E-state index in [0.717, 1.165) is 0 Å². The lowest BCUT2D eigenvalue weighted by molar-refractivity contribution is -0.357. The molecule has 1 nitrogen and oxygen atoms in total. The van der Waals surface area contributed by atoms with Gasteiger partial charge in [0.05, 0.1) is 0 Å². The summed E-state index contributed by atoms with van der Waals surface area (Å²) in [6.07, 6.45) is -12.6. The van der Waals surface area contributed by atoms with Gasteiger partial charge < -0.3 is 5.73 Å². The zero-order valence-electron chi connectivity index (χ0n) is 12.2. The van der Waals surface area contributed by atoms with Crippen LogP contribution in [0.15, 0.2) is 0 Å². The largest absolute Gasteiger partial charge is 0.431 e. The van der Waals surface area contributed by atoms with Gasteiger partial charge in [0, 0.05) is 12.0 Å². The summed E-state index contributed by atoms with van der Waals surface area (Å²) < 4.78 is 87.8. The van der Waals surface area contributed by atoms with E-state index in [1.54, 1.807) is 0 Å². The molecule has 0 aliphatic carbocycles. The van der Waals surface area contributed by atoms with Crippen LogP contribution in [0.4, 0.5) is 30.7 Å². The summed E-state index contributed by atoms with van der Waals surface area (Å²) in [6, 6.07) is -0.613. The molecule has 124 valence electrons. The molecule has 0 heterocycles. The van der Waals surface area contributed by atoms with Crippen molar-refractivity contribution in [3.63, 3.8) is 0 Å². The Balaban J connectivity index is 0. The van der Waals surface area contributed by atoms with Crippen LogP contribution in [0.1, 0.15) is 41.0 Å². The molecular weight excluding hydrogens is 291 g/mol. The fourth-order valence-corrected chi connectivity index (χ4v) is 1.65. The summed E-state index contributed by atoms with van der Waals surface area (Å²) in [5.41, 5.74) is 0.155. The summed E-state index contributed by atoms with van der Waals surface area (Å²) in [5, 5.41) is 0. The van der Waals surface area contributed by atoms with Gasteiger partial charge in [0.15, 0.2) is 0 Å². The molecule has 0 bridgehead atoms. The number of hydrogen-bond acceptors (Lipinski definition) is 1. The third-order valence-corrected chi connectivity index (χ3v) is 3.13. The molecule has 0 radical (unpaired) electrons. The first-order valence-electron chi connectivity index (χ1n) is 6.33. The predicted molar refractivity (Wildman–Crippen MR) is 63.9 cm³/mol. The third kappa shape index (κ3) is 4.79. The van der Waals surface area contributed by atoms with Gasteiger partial charge in [-0.05, 0) is 19.3 Å². The van der Waals surface area contributed by atoms with Crippen LogP contribution in [-0.2, 0) is 0 Å². The molecule has 2 unspecified atom stereocenters. The minimum Gasteiger partial charge on any atom is -0.328 e. The van der Waals surface area contributed by atoms with Crippen molar-refractivity contribution in [3.8, 4) is 0 Å². The minimum atomic E-state index is -6.00. The summed E-state index contributed by atoms with van der Waals surface area (Å²) in [7, 11) is 0. The van der Waals surface area contributed by atoms with Crippen LogP contribution in [0.25, 0.3) is 0 Å². The minimum absolute atomic E-state index is 0.597. The normalized spacial score (nSPS) is 17.9. The van der Waals surface area contributed by atoms with E-state index in [1.807, 2.05) is 13.8 Å². The van der Waals surface area contributed by atoms with Gasteiger partial charge in [-0.15, -0.1) is 0 Å². The van der Waals surface area contributed by atoms with Crippen molar-refractivity contribution < 1.29 is 30.7 Å². The van der Waals surface area contributed by atoms with E-state index in [0.29, 0.717) is 6.92 Å². The molecule has 0 aromatic heterocycles. The maximum Gasteiger partial charge on any atom is 0.431 e. The maximum absolute atomic E-state index is 13.5. The summed E-state index contributed by atoms with van der Waals surface area (Å²) in [6.45, 7) is 7.42. The Kier molecular flexibility index (Phi) is 8.13. The second kappa shape index (κ2) is 7.47. The zero-order valence-corrected chi connectivity index (χ0v) is 12.2. The topological polar surface area (TPSA) is 26.0 Å². The fourth-order valence-electron chi connectivity index (χ4n) is 1.65. The lowest BCUT2D eigenvalue weighted by Crippen LogP contribution is -2.58. The molecule has 0 aromatic carbocycles. The van der Waals surface area contributed by atoms with Crippen molar-refractivity contribution >= 4 is 0 Å². The quantitative estimate of drug-likeness (QED) is 0.737. The SMILES string of the molecule is CC.CC(N)C(C)C[C@H](C)C(F)(C(F)(F)F)C(F)(F)F. The number of rotatable bonds is 4. The van der Waals surface area contributed by atoms with Crippen molar-refractivity contribution in [2.75, 3.05) is 0 Å². The third-order valence-electron chi connectivity index (χ3n) is 3.13. The zero-order chi connectivity index (χ0) is 16.9. The van der Waals surface area contributed by atoms with E-state index in [2.05, 4.69) is 0 Å². The van der Waals surface area contributed by atoms with Gasteiger partial charge >= 0.3 is 18.0 Å². The molecule has 3 atom stereocenters. The smallest absolute Gasteiger partial charge is 0.328 e. The molecule has 0 rings (SSSR count). The average molecular weight is 313 g/mol. The van der Waals surface area contributed by atoms with E-state index in [1.165, 1.54) is 13.8 Å². The van der Waals surface area contributed by atoms with Crippen LogP contribution < -0.4 is 5.73 Å². The Bertz CT molecular complexity index is 256. The molecular formula is C12H22F7N. The van der Waals surface area contributed by atoms with E-state index < -0.39 is 42.3 Å². The van der Waals surface area contributed by atoms with Gasteiger partial charge in [-0.1, -0.05) is 27.7 Å². The number of alkyl halides is 7. The molecule has 8 heteroatoms. The lowest BCUT2D eigenvalue weighted by Gasteiger charge is -2.36. The van der Waals surface area contributed by atoms with E-state index in [-0.39, 0.29) is 0 Å². The second-order valence-corrected chi connectivity index (χ2v) is 4.68. The van der Waals surface area contributed by atoms with Crippen molar-refractivity contribution in [1.29, 1.82) is 0 Å². The summed E-state index contributed by atoms with van der Waals surface area (Å²) in [4.78, 5) is 0. The van der Waals surface area contributed by atoms with Gasteiger partial charge in [0.1, 0.15) is 0 Å². The average Bonchev–Trinajstić information content (AvgIpc) is 2.27. The molecule has 0 saturated carbocycles. The molecule has 0 saturated heterocycles. The van der Waals surface area contributed by atoms with E-state index in [9.17, 15) is 30.7 Å². The van der Waals surface area contributed by atoms with Crippen LogP contribution in [0.2, 0.25) is 0 Å². The highest BCUT2D eigenvalue weighted by Gasteiger charge is 2.74. The lowest BCUT2D eigenvalue weighted by atomic mass is 9.81. The Morgan fingerprint density at radius 1 is 0.800 bits per heavy atom. The molecule has 0 amide bonds. The molecule has 0 fully saturated rings. The van der Waals surface area contributed by atoms with Crippen molar-refractivity contribution in [1.82, 2.24) is 0 Å². The van der Waals surface area contributed by atoms with Crippen LogP contribution in [0.3, 0.4) is 0 Å². The summed E-state index contributed by atoms with van der Waals surface area (Å²) >= 11 is 0. The molecule has 2 N–H and O–H groups in total. The van der Waals surface area contributed by atoms with Crippen LogP contribution >= 0.6 is 0 Å². The molecule has 20 heavy (non-hydrogen) atoms.